The highest BCUT2D eigenvalue weighted by Gasteiger charge is 2.24. The third-order valence-corrected chi connectivity index (χ3v) is 4.53. The van der Waals surface area contributed by atoms with Gasteiger partial charge in [-0.05, 0) is 37.3 Å². The molecular weight excluding hydrogens is 341 g/mol. The largest absolute Gasteiger partial charge is 0.505 e. The van der Waals surface area contributed by atoms with Gasteiger partial charge in [-0.3, -0.25) is 5.32 Å². The first-order chi connectivity index (χ1) is 13.1. The van der Waals surface area contributed by atoms with E-state index in [9.17, 15) is 9.50 Å². The van der Waals surface area contributed by atoms with Gasteiger partial charge in [0.05, 0.1) is 6.20 Å². The van der Waals surface area contributed by atoms with Crippen molar-refractivity contribution in [3.8, 4) is 5.75 Å². The van der Waals surface area contributed by atoms with Gasteiger partial charge in [0.25, 0.3) is 5.82 Å². The lowest BCUT2D eigenvalue weighted by atomic mass is 9.96. The highest BCUT2D eigenvalue weighted by atomic mass is 19.1. The number of aryl methyl sites for hydroxylation is 1. The lowest BCUT2D eigenvalue weighted by Crippen LogP contribution is -2.19. The van der Waals surface area contributed by atoms with Crippen molar-refractivity contribution in [2.75, 3.05) is 5.32 Å². The van der Waals surface area contributed by atoms with Crippen LogP contribution < -0.4 is 10.3 Å². The molecule has 0 bridgehead atoms. The summed E-state index contributed by atoms with van der Waals surface area (Å²) in [6.45, 7) is 1.89. The molecule has 2 aromatic carbocycles. The van der Waals surface area contributed by atoms with Crippen LogP contribution >= 0.6 is 0 Å². The summed E-state index contributed by atoms with van der Waals surface area (Å²) in [6, 6.07) is 19.2. The smallest absolute Gasteiger partial charge is 0.272 e. The maximum absolute atomic E-state index is 13.4. The van der Waals surface area contributed by atoms with Crippen LogP contribution in [0.25, 0.3) is 10.9 Å². The molecule has 0 fully saturated rings. The van der Waals surface area contributed by atoms with E-state index in [4.69, 9.17) is 0 Å². The van der Waals surface area contributed by atoms with E-state index >= 15 is 0 Å². The molecule has 4 rings (SSSR count). The van der Waals surface area contributed by atoms with Crippen molar-refractivity contribution in [3.63, 3.8) is 0 Å². The average Bonchev–Trinajstić information content (AvgIpc) is 2.69. The lowest BCUT2D eigenvalue weighted by Gasteiger charge is -2.17. The molecule has 0 radical (unpaired) electrons. The van der Waals surface area contributed by atoms with E-state index < -0.39 is 0 Å². The molecule has 5 heteroatoms. The number of aromatic hydroxyl groups is 1. The van der Waals surface area contributed by atoms with Crippen LogP contribution in [-0.4, -0.2) is 10.1 Å². The maximum atomic E-state index is 13.4. The summed E-state index contributed by atoms with van der Waals surface area (Å²) >= 11 is 0. The topological polar surface area (TPSA) is 59.3 Å². The molecule has 0 aliphatic carbocycles. The van der Waals surface area contributed by atoms with Gasteiger partial charge in [0.2, 0.25) is 0 Å². The Morgan fingerprint density at radius 1 is 1.00 bits per heavy atom. The van der Waals surface area contributed by atoms with Crippen LogP contribution in [0.1, 0.15) is 22.9 Å². The van der Waals surface area contributed by atoms with Crippen LogP contribution in [0.4, 0.5) is 10.2 Å². The van der Waals surface area contributed by atoms with E-state index in [1.165, 1.54) is 12.1 Å². The lowest BCUT2D eigenvalue weighted by molar-refractivity contribution is -0.361. The number of rotatable bonds is 4. The quantitative estimate of drug-likeness (QED) is 0.567. The van der Waals surface area contributed by atoms with E-state index in [1.54, 1.807) is 12.1 Å². The predicted molar refractivity (Wildman–Crippen MR) is 103 cm³/mol. The Kier molecular flexibility index (Phi) is 4.42. The Balaban J connectivity index is 1.86. The zero-order chi connectivity index (χ0) is 18.8. The van der Waals surface area contributed by atoms with E-state index in [0.717, 1.165) is 22.5 Å². The van der Waals surface area contributed by atoms with Crippen LogP contribution in [0.2, 0.25) is 0 Å². The van der Waals surface area contributed by atoms with Gasteiger partial charge in [-0.1, -0.05) is 30.3 Å². The van der Waals surface area contributed by atoms with Gasteiger partial charge in [0.15, 0.2) is 0 Å². The minimum Gasteiger partial charge on any atom is -0.505 e. The summed E-state index contributed by atoms with van der Waals surface area (Å²) in [5.41, 5.74) is 2.89. The molecule has 27 heavy (non-hydrogen) atoms. The maximum Gasteiger partial charge on any atom is 0.272 e. The van der Waals surface area contributed by atoms with Crippen molar-refractivity contribution >= 4 is 16.7 Å². The number of hydrogen-bond donors (Lipinski definition) is 2. The van der Waals surface area contributed by atoms with Gasteiger partial charge in [-0.2, -0.15) is 0 Å². The summed E-state index contributed by atoms with van der Waals surface area (Å²) in [7, 11) is 0. The number of fused-ring (bicyclic) bond motifs is 1. The third-order valence-electron chi connectivity index (χ3n) is 4.53. The fraction of sp³-hybridized carbons (Fsp3) is 0.0909. The number of anilines is 1. The van der Waals surface area contributed by atoms with Gasteiger partial charge < -0.3 is 5.11 Å². The van der Waals surface area contributed by atoms with Gasteiger partial charge in [-0.25, -0.2) is 14.4 Å². The van der Waals surface area contributed by atoms with Gasteiger partial charge in [0, 0.05) is 28.3 Å². The third kappa shape index (κ3) is 3.44. The Hall–Kier alpha value is -3.47. The second kappa shape index (κ2) is 7.03. The number of pyridine rings is 2. The molecule has 0 saturated heterocycles. The van der Waals surface area contributed by atoms with Crippen LogP contribution in [0.15, 0.2) is 72.9 Å². The van der Waals surface area contributed by atoms with E-state index in [1.807, 2.05) is 55.6 Å². The van der Waals surface area contributed by atoms with Gasteiger partial charge in [0.1, 0.15) is 23.1 Å². The van der Waals surface area contributed by atoms with Crippen molar-refractivity contribution in [1.29, 1.82) is 0 Å². The number of phenols is 1. The standard InChI is InChI=1S/C22H18FN3O/c1-14-5-6-16-9-12-18(22(27)21(16)25-14)20(15-7-10-17(23)11-8-15)26-19-4-2-3-13-24-19/h2-13,20,27H,1H3,(H,24,26)/p+1/t20-/m1/s1. The fourth-order valence-electron chi connectivity index (χ4n) is 3.15. The second-order valence-electron chi connectivity index (χ2n) is 6.43. The number of nitrogens with one attached hydrogen (secondary N) is 2. The molecule has 1 atom stereocenters. The van der Waals surface area contributed by atoms with Gasteiger partial charge >= 0.3 is 0 Å². The highest BCUT2D eigenvalue weighted by Crippen LogP contribution is 2.36. The molecule has 0 spiro atoms. The van der Waals surface area contributed by atoms with Crippen LogP contribution in [0.5, 0.6) is 5.75 Å². The van der Waals surface area contributed by atoms with Crippen molar-refractivity contribution in [3.05, 3.63) is 95.6 Å². The summed E-state index contributed by atoms with van der Waals surface area (Å²) < 4.78 is 13.4. The fourth-order valence-corrected chi connectivity index (χ4v) is 3.15. The minimum absolute atomic E-state index is 0.119. The first-order valence-corrected chi connectivity index (χ1v) is 8.70. The number of aromatic amines is 1. The highest BCUT2D eigenvalue weighted by molar-refractivity contribution is 5.86. The Labute approximate surface area is 156 Å². The summed E-state index contributed by atoms with van der Waals surface area (Å²) in [4.78, 5) is 7.62. The molecule has 2 aromatic heterocycles. The summed E-state index contributed by atoms with van der Waals surface area (Å²) in [6.07, 6.45) is 1.81. The zero-order valence-corrected chi connectivity index (χ0v) is 14.8. The number of hydrogen-bond acceptors (Lipinski definition) is 3. The molecular formula is C22H19FN3O+. The number of nitrogens with zero attached hydrogens (tertiary/aromatic N) is 1. The van der Waals surface area contributed by atoms with E-state index in [2.05, 4.69) is 15.3 Å². The Morgan fingerprint density at radius 3 is 2.52 bits per heavy atom. The predicted octanol–water partition coefficient (Wildman–Crippen LogP) is 4.40. The molecule has 0 aliphatic rings. The van der Waals surface area contributed by atoms with E-state index in [0.29, 0.717) is 11.1 Å². The molecule has 0 amide bonds. The van der Waals surface area contributed by atoms with Crippen LogP contribution in [-0.2, 0) is 0 Å². The summed E-state index contributed by atoms with van der Waals surface area (Å²) in [5, 5.41) is 15.2. The van der Waals surface area contributed by atoms with Gasteiger partial charge in [-0.15, -0.1) is 0 Å². The molecule has 0 unspecified atom stereocenters. The molecule has 0 aliphatic heterocycles. The number of benzene rings is 2. The summed E-state index contributed by atoms with van der Waals surface area (Å²) in [5.74, 6) is 0.598. The molecule has 3 N–H and O–H groups in total. The second-order valence-corrected chi connectivity index (χ2v) is 6.43. The minimum atomic E-state index is -0.379. The molecule has 2 heterocycles. The number of aromatic nitrogens is 2. The number of phenolic OH excluding ortho intramolecular Hbond substituents is 1. The first-order valence-electron chi connectivity index (χ1n) is 8.70. The average molecular weight is 360 g/mol. The van der Waals surface area contributed by atoms with E-state index in [-0.39, 0.29) is 17.6 Å². The normalized spacial score (nSPS) is 12.1. The number of halogens is 1. The number of H-pyrrole nitrogens is 1. The van der Waals surface area contributed by atoms with Crippen molar-refractivity contribution in [2.45, 2.75) is 13.0 Å². The molecule has 134 valence electrons. The van der Waals surface area contributed by atoms with Crippen molar-refractivity contribution in [2.24, 2.45) is 0 Å². The van der Waals surface area contributed by atoms with Crippen molar-refractivity contribution in [1.82, 2.24) is 4.98 Å². The molecule has 4 aromatic rings. The van der Waals surface area contributed by atoms with Crippen LogP contribution in [0, 0.1) is 12.7 Å². The molecule has 4 nitrogen and oxygen atoms in total. The SMILES string of the molecule is Cc1ccc2ccc([C@H](Nc3cccc[nH+]3)c3ccc(F)cc3)c(O)c2n1. The van der Waals surface area contributed by atoms with Crippen molar-refractivity contribution < 1.29 is 14.5 Å². The monoisotopic (exact) mass is 360 g/mol. The van der Waals surface area contributed by atoms with Crippen LogP contribution in [0.3, 0.4) is 0 Å². The Bertz CT molecular complexity index is 1080. The zero-order valence-electron chi connectivity index (χ0n) is 14.8. The first kappa shape index (κ1) is 17.0. The Morgan fingerprint density at radius 2 is 1.78 bits per heavy atom. The molecule has 0 saturated carbocycles.